The van der Waals surface area contributed by atoms with E-state index in [0.29, 0.717) is 13.2 Å². The lowest BCUT2D eigenvalue weighted by atomic mass is 10.1. The fourth-order valence-electron chi connectivity index (χ4n) is 1.32. The van der Waals surface area contributed by atoms with Gasteiger partial charge in [-0.2, -0.15) is 0 Å². The summed E-state index contributed by atoms with van der Waals surface area (Å²) in [6.07, 6.45) is 0.913. The highest BCUT2D eigenvalue weighted by Gasteiger charge is 1.93. The van der Waals surface area contributed by atoms with Crippen molar-refractivity contribution in [2.24, 2.45) is 0 Å². The fourth-order valence-corrected chi connectivity index (χ4v) is 1.32. The number of hydrogen-bond acceptors (Lipinski definition) is 3. The molecular formula is C14H18O3. The number of rotatable bonds is 6. The Morgan fingerprint density at radius 3 is 2.59 bits per heavy atom. The molecule has 1 rings (SSSR count). The Morgan fingerprint density at radius 2 is 1.94 bits per heavy atom. The van der Waals surface area contributed by atoms with Crippen molar-refractivity contribution in [1.82, 2.24) is 0 Å². The van der Waals surface area contributed by atoms with Gasteiger partial charge in [0, 0.05) is 25.9 Å². The van der Waals surface area contributed by atoms with Gasteiger partial charge in [-0.05, 0) is 24.1 Å². The predicted molar refractivity (Wildman–Crippen MR) is 66.6 cm³/mol. The predicted octanol–water partition coefficient (Wildman–Crippen LogP) is 1.58. The highest BCUT2D eigenvalue weighted by atomic mass is 16.5. The van der Waals surface area contributed by atoms with Crippen molar-refractivity contribution in [2.45, 2.75) is 13.0 Å². The van der Waals surface area contributed by atoms with Crippen LogP contribution in [-0.4, -0.2) is 32.0 Å². The van der Waals surface area contributed by atoms with E-state index in [9.17, 15) is 0 Å². The molecule has 0 fully saturated rings. The molecule has 0 saturated carbocycles. The normalized spacial score (nSPS) is 9.76. The molecule has 0 unspecified atom stereocenters. The van der Waals surface area contributed by atoms with Crippen molar-refractivity contribution >= 4 is 0 Å². The summed E-state index contributed by atoms with van der Waals surface area (Å²) in [5, 5.41) is 8.57. The van der Waals surface area contributed by atoms with Crippen LogP contribution in [0.4, 0.5) is 0 Å². The van der Waals surface area contributed by atoms with Crippen LogP contribution in [-0.2, 0) is 16.1 Å². The first-order valence-electron chi connectivity index (χ1n) is 5.62. The molecule has 1 N–H and O–H groups in total. The van der Waals surface area contributed by atoms with E-state index in [0.717, 1.165) is 24.2 Å². The van der Waals surface area contributed by atoms with E-state index in [4.69, 9.17) is 14.6 Å². The van der Waals surface area contributed by atoms with Gasteiger partial charge >= 0.3 is 0 Å². The van der Waals surface area contributed by atoms with Gasteiger partial charge in [0.15, 0.2) is 0 Å². The van der Waals surface area contributed by atoms with Crippen LogP contribution in [0.25, 0.3) is 0 Å². The van der Waals surface area contributed by atoms with Crippen molar-refractivity contribution in [3.05, 3.63) is 35.4 Å². The molecule has 92 valence electrons. The molecule has 0 amide bonds. The summed E-state index contributed by atoms with van der Waals surface area (Å²) in [4.78, 5) is 0. The summed E-state index contributed by atoms with van der Waals surface area (Å²) in [6.45, 7) is 1.94. The second-order valence-electron chi connectivity index (χ2n) is 3.56. The van der Waals surface area contributed by atoms with Gasteiger partial charge in [0.25, 0.3) is 0 Å². The van der Waals surface area contributed by atoms with Gasteiger partial charge in [-0.15, -0.1) is 0 Å². The van der Waals surface area contributed by atoms with Gasteiger partial charge in [-0.3, -0.25) is 0 Å². The number of aliphatic hydroxyl groups excluding tert-OH is 1. The molecule has 0 spiro atoms. The van der Waals surface area contributed by atoms with Crippen LogP contribution in [0.15, 0.2) is 24.3 Å². The number of aliphatic hydroxyl groups is 1. The van der Waals surface area contributed by atoms with E-state index in [2.05, 4.69) is 11.8 Å². The van der Waals surface area contributed by atoms with Crippen molar-refractivity contribution in [2.75, 3.05) is 26.9 Å². The zero-order valence-corrected chi connectivity index (χ0v) is 10.1. The van der Waals surface area contributed by atoms with Crippen LogP contribution in [0.2, 0.25) is 0 Å². The Kier molecular flexibility index (Phi) is 7.08. The maximum Gasteiger partial charge on any atom is 0.104 e. The Morgan fingerprint density at radius 1 is 1.18 bits per heavy atom. The van der Waals surface area contributed by atoms with Crippen molar-refractivity contribution in [1.29, 1.82) is 0 Å². The summed E-state index contributed by atoms with van der Waals surface area (Å²) in [7, 11) is 1.69. The Labute approximate surface area is 102 Å². The minimum absolute atomic E-state index is 0.107. The molecule has 0 saturated heterocycles. The molecule has 0 atom stereocenters. The van der Waals surface area contributed by atoms with Crippen LogP contribution >= 0.6 is 0 Å². The second kappa shape index (κ2) is 8.77. The first-order valence-corrected chi connectivity index (χ1v) is 5.62. The monoisotopic (exact) mass is 234 g/mol. The lowest BCUT2D eigenvalue weighted by Gasteiger charge is -2.04. The maximum atomic E-state index is 8.57. The van der Waals surface area contributed by atoms with Crippen LogP contribution < -0.4 is 0 Å². The Hall–Kier alpha value is -1.34. The summed E-state index contributed by atoms with van der Waals surface area (Å²) in [5.74, 6) is 5.46. The first-order chi connectivity index (χ1) is 8.36. The number of ether oxygens (including phenoxy) is 2. The van der Waals surface area contributed by atoms with Crippen LogP contribution in [0, 0.1) is 11.8 Å². The molecular weight excluding hydrogens is 216 g/mol. The smallest absolute Gasteiger partial charge is 0.104 e. The van der Waals surface area contributed by atoms with E-state index in [1.165, 1.54) is 0 Å². The third-order valence-electron chi connectivity index (χ3n) is 2.17. The Balaban J connectivity index is 2.30. The zero-order chi connectivity index (χ0) is 12.3. The first kappa shape index (κ1) is 13.7. The molecule has 0 bridgehead atoms. The molecule has 3 heteroatoms. The quantitative estimate of drug-likeness (QED) is 0.600. The topological polar surface area (TPSA) is 38.7 Å². The summed E-state index contributed by atoms with van der Waals surface area (Å²) >= 11 is 0. The molecule has 17 heavy (non-hydrogen) atoms. The van der Waals surface area contributed by atoms with Crippen LogP contribution in [0.5, 0.6) is 0 Å². The molecule has 1 aromatic carbocycles. The van der Waals surface area contributed by atoms with Crippen LogP contribution in [0.1, 0.15) is 17.5 Å². The SMILES string of the molecule is COCCCOCc1ccc(C#CCO)cc1. The number of hydrogen-bond donors (Lipinski definition) is 1. The summed E-state index contributed by atoms with van der Waals surface area (Å²) in [6, 6.07) is 7.82. The average molecular weight is 234 g/mol. The molecule has 0 aliphatic rings. The Bertz CT molecular complexity index is 359. The van der Waals surface area contributed by atoms with E-state index >= 15 is 0 Å². The molecule has 1 aromatic rings. The minimum atomic E-state index is -0.107. The van der Waals surface area contributed by atoms with Crippen LogP contribution in [0.3, 0.4) is 0 Å². The molecule has 0 aliphatic heterocycles. The maximum absolute atomic E-state index is 8.57. The molecule has 3 nitrogen and oxygen atoms in total. The second-order valence-corrected chi connectivity index (χ2v) is 3.56. The third kappa shape index (κ3) is 6.08. The average Bonchev–Trinajstić information content (AvgIpc) is 2.37. The number of benzene rings is 1. The summed E-state index contributed by atoms with van der Waals surface area (Å²) < 4.78 is 10.4. The van der Waals surface area contributed by atoms with Gasteiger partial charge in [-0.1, -0.05) is 24.0 Å². The van der Waals surface area contributed by atoms with Gasteiger partial charge in [-0.25, -0.2) is 0 Å². The zero-order valence-electron chi connectivity index (χ0n) is 10.1. The third-order valence-corrected chi connectivity index (χ3v) is 2.17. The lowest BCUT2D eigenvalue weighted by Crippen LogP contribution is -1.99. The largest absolute Gasteiger partial charge is 0.385 e. The lowest BCUT2D eigenvalue weighted by molar-refractivity contribution is 0.0928. The molecule has 0 aromatic heterocycles. The van der Waals surface area contributed by atoms with Crippen molar-refractivity contribution in [3.8, 4) is 11.8 Å². The highest BCUT2D eigenvalue weighted by molar-refractivity contribution is 5.35. The van der Waals surface area contributed by atoms with E-state index < -0.39 is 0 Å². The van der Waals surface area contributed by atoms with E-state index in [-0.39, 0.29) is 6.61 Å². The number of methoxy groups -OCH3 is 1. The standard InChI is InChI=1S/C14H18O3/c1-16-10-3-11-17-12-14-7-5-13(6-8-14)4-2-9-15/h5-8,15H,3,9-12H2,1H3. The molecule has 0 heterocycles. The van der Waals surface area contributed by atoms with Gasteiger partial charge < -0.3 is 14.6 Å². The van der Waals surface area contributed by atoms with Crippen molar-refractivity contribution in [3.63, 3.8) is 0 Å². The summed E-state index contributed by atoms with van der Waals surface area (Å²) in [5.41, 5.74) is 2.03. The fraction of sp³-hybridized carbons (Fsp3) is 0.429. The van der Waals surface area contributed by atoms with Gasteiger partial charge in [0.2, 0.25) is 0 Å². The van der Waals surface area contributed by atoms with E-state index in [1.807, 2.05) is 24.3 Å². The highest BCUT2D eigenvalue weighted by Crippen LogP contribution is 2.05. The van der Waals surface area contributed by atoms with Gasteiger partial charge in [0.1, 0.15) is 6.61 Å². The minimum Gasteiger partial charge on any atom is -0.385 e. The molecule has 0 aliphatic carbocycles. The molecule has 0 radical (unpaired) electrons. The van der Waals surface area contributed by atoms with Crippen molar-refractivity contribution < 1.29 is 14.6 Å². The van der Waals surface area contributed by atoms with E-state index in [1.54, 1.807) is 7.11 Å². The van der Waals surface area contributed by atoms with Gasteiger partial charge in [0.05, 0.1) is 6.61 Å².